The normalized spacial score (nSPS) is 14.0. The van der Waals surface area contributed by atoms with Gasteiger partial charge in [-0.25, -0.2) is 14.8 Å². The molecule has 0 radical (unpaired) electrons. The van der Waals surface area contributed by atoms with Gasteiger partial charge in [-0.2, -0.15) is 0 Å². The van der Waals surface area contributed by atoms with Crippen molar-refractivity contribution in [2.45, 2.75) is 6.92 Å². The Balaban J connectivity index is 1.64. The van der Waals surface area contributed by atoms with Gasteiger partial charge in [0.05, 0.1) is 12.3 Å². The molecule has 0 bridgehead atoms. The molecule has 7 heteroatoms. The number of hydrogen-bond donors (Lipinski definition) is 0. The lowest BCUT2D eigenvalue weighted by molar-refractivity contribution is 0.105. The smallest absolute Gasteiger partial charge is 0.409 e. The third-order valence-corrected chi connectivity index (χ3v) is 4.81. The summed E-state index contributed by atoms with van der Waals surface area (Å²) in [6, 6.07) is 17.8. The molecular weight excluding hydrogens is 366 g/mol. The van der Waals surface area contributed by atoms with Crippen molar-refractivity contribution in [2.24, 2.45) is 0 Å². The minimum absolute atomic E-state index is 0.256. The summed E-state index contributed by atoms with van der Waals surface area (Å²) < 4.78 is 5.11. The molecule has 0 atom stereocenters. The number of amides is 1. The first kappa shape index (κ1) is 18.9. The first-order valence-electron chi connectivity index (χ1n) is 9.77. The van der Waals surface area contributed by atoms with E-state index in [2.05, 4.69) is 9.88 Å². The van der Waals surface area contributed by atoms with Gasteiger partial charge in [-0.1, -0.05) is 36.4 Å². The number of hydrogen-bond acceptors (Lipinski definition) is 6. The lowest BCUT2D eigenvalue weighted by Gasteiger charge is -2.34. The lowest BCUT2D eigenvalue weighted by atomic mass is 10.1. The zero-order valence-electron chi connectivity index (χ0n) is 16.4. The molecule has 3 aromatic rings. The summed E-state index contributed by atoms with van der Waals surface area (Å²) in [5, 5.41) is 0. The van der Waals surface area contributed by atoms with Crippen LogP contribution in [0.3, 0.4) is 0 Å². The Kier molecular flexibility index (Phi) is 5.65. The zero-order chi connectivity index (χ0) is 20.1. The van der Waals surface area contributed by atoms with Gasteiger partial charge < -0.3 is 14.5 Å². The average molecular weight is 389 g/mol. The van der Waals surface area contributed by atoms with E-state index in [1.807, 2.05) is 61.5 Å². The highest BCUT2D eigenvalue weighted by Crippen LogP contribution is 2.26. The molecule has 1 aliphatic rings. The molecule has 1 fully saturated rings. The van der Waals surface area contributed by atoms with Crippen LogP contribution in [0.2, 0.25) is 0 Å². The molecule has 2 aromatic heterocycles. The fourth-order valence-corrected chi connectivity index (χ4v) is 3.30. The van der Waals surface area contributed by atoms with Crippen LogP contribution in [0.25, 0.3) is 22.8 Å². The van der Waals surface area contributed by atoms with Crippen LogP contribution in [0.5, 0.6) is 0 Å². The number of piperazine rings is 1. The second-order valence-corrected chi connectivity index (χ2v) is 6.69. The van der Waals surface area contributed by atoms with Crippen LogP contribution in [-0.4, -0.2) is 58.7 Å². The monoisotopic (exact) mass is 389 g/mol. The summed E-state index contributed by atoms with van der Waals surface area (Å²) in [6.07, 6.45) is 1.49. The molecule has 1 aliphatic heterocycles. The topological polar surface area (TPSA) is 71.5 Å². The summed E-state index contributed by atoms with van der Waals surface area (Å²) in [6.45, 7) is 4.78. The van der Waals surface area contributed by atoms with Crippen molar-refractivity contribution in [3.63, 3.8) is 0 Å². The average Bonchev–Trinajstić information content (AvgIpc) is 2.80. The van der Waals surface area contributed by atoms with Crippen LogP contribution < -0.4 is 4.90 Å². The van der Waals surface area contributed by atoms with Gasteiger partial charge in [0, 0.05) is 44.0 Å². The molecule has 148 valence electrons. The van der Waals surface area contributed by atoms with Crippen LogP contribution in [0.1, 0.15) is 6.92 Å². The van der Waals surface area contributed by atoms with Gasteiger partial charge in [-0.05, 0) is 19.1 Å². The molecule has 0 N–H and O–H groups in total. The first-order valence-corrected chi connectivity index (χ1v) is 9.77. The van der Waals surface area contributed by atoms with E-state index in [1.54, 1.807) is 11.1 Å². The molecule has 1 saturated heterocycles. The summed E-state index contributed by atoms with van der Waals surface area (Å²) >= 11 is 0. The SMILES string of the molecule is CCOC(=O)N1CCN(c2cc(-c3ccccc3)nc(-c3ccccn3)n2)CC1. The quantitative estimate of drug-likeness (QED) is 0.680. The minimum atomic E-state index is -0.256. The Hall–Kier alpha value is -3.48. The number of carbonyl (C=O) groups is 1. The van der Waals surface area contributed by atoms with E-state index in [0.717, 1.165) is 22.8 Å². The number of carbonyl (C=O) groups excluding carboxylic acids is 1. The second kappa shape index (κ2) is 8.68. The number of benzene rings is 1. The number of anilines is 1. The van der Waals surface area contributed by atoms with E-state index in [0.29, 0.717) is 38.6 Å². The Labute approximate surface area is 170 Å². The second-order valence-electron chi connectivity index (χ2n) is 6.69. The molecule has 3 heterocycles. The zero-order valence-corrected chi connectivity index (χ0v) is 16.4. The van der Waals surface area contributed by atoms with E-state index >= 15 is 0 Å². The standard InChI is InChI=1S/C22H23N5O2/c1-2-29-22(28)27-14-12-26(13-15-27)20-16-19(17-8-4-3-5-9-17)24-21(25-20)18-10-6-7-11-23-18/h3-11,16H,2,12-15H2,1H3. The van der Waals surface area contributed by atoms with E-state index in [4.69, 9.17) is 14.7 Å². The molecule has 0 spiro atoms. The van der Waals surface area contributed by atoms with Gasteiger partial charge in [0.25, 0.3) is 0 Å². The Morgan fingerprint density at radius 1 is 0.966 bits per heavy atom. The van der Waals surface area contributed by atoms with E-state index in [-0.39, 0.29) is 6.09 Å². The lowest BCUT2D eigenvalue weighted by Crippen LogP contribution is -2.49. The first-order chi connectivity index (χ1) is 14.2. The number of pyridine rings is 1. The van der Waals surface area contributed by atoms with Gasteiger partial charge in [0.1, 0.15) is 11.5 Å². The largest absolute Gasteiger partial charge is 0.450 e. The molecule has 0 unspecified atom stereocenters. The maximum atomic E-state index is 12.0. The van der Waals surface area contributed by atoms with E-state index < -0.39 is 0 Å². The van der Waals surface area contributed by atoms with Crippen LogP contribution in [0.15, 0.2) is 60.8 Å². The molecule has 0 aliphatic carbocycles. The molecule has 29 heavy (non-hydrogen) atoms. The molecule has 1 amide bonds. The van der Waals surface area contributed by atoms with Gasteiger partial charge in [0.2, 0.25) is 0 Å². The number of rotatable bonds is 4. The highest BCUT2D eigenvalue weighted by molar-refractivity contribution is 5.69. The number of ether oxygens (including phenoxy) is 1. The predicted molar refractivity (Wildman–Crippen MR) is 112 cm³/mol. The molecule has 0 saturated carbocycles. The number of aromatic nitrogens is 3. The van der Waals surface area contributed by atoms with Crippen molar-refractivity contribution in [1.29, 1.82) is 0 Å². The van der Waals surface area contributed by atoms with Crippen LogP contribution in [0, 0.1) is 0 Å². The van der Waals surface area contributed by atoms with Crippen molar-refractivity contribution in [3.05, 3.63) is 60.8 Å². The maximum absolute atomic E-state index is 12.0. The molecule has 7 nitrogen and oxygen atoms in total. The van der Waals surface area contributed by atoms with Crippen LogP contribution >= 0.6 is 0 Å². The van der Waals surface area contributed by atoms with Gasteiger partial charge >= 0.3 is 6.09 Å². The van der Waals surface area contributed by atoms with Crippen molar-refractivity contribution in [1.82, 2.24) is 19.9 Å². The van der Waals surface area contributed by atoms with Crippen molar-refractivity contribution in [3.8, 4) is 22.8 Å². The fourth-order valence-electron chi connectivity index (χ4n) is 3.30. The predicted octanol–water partition coefficient (Wildman–Crippen LogP) is 3.48. The Morgan fingerprint density at radius 2 is 1.72 bits per heavy atom. The van der Waals surface area contributed by atoms with Crippen molar-refractivity contribution >= 4 is 11.9 Å². The van der Waals surface area contributed by atoms with Crippen molar-refractivity contribution < 1.29 is 9.53 Å². The summed E-state index contributed by atoms with van der Waals surface area (Å²) in [5.41, 5.74) is 2.61. The third-order valence-electron chi connectivity index (χ3n) is 4.81. The fraction of sp³-hybridized carbons (Fsp3) is 0.273. The van der Waals surface area contributed by atoms with Crippen LogP contribution in [-0.2, 0) is 4.74 Å². The van der Waals surface area contributed by atoms with Gasteiger partial charge in [-0.3, -0.25) is 4.98 Å². The Bertz CT molecular complexity index is 900. The Morgan fingerprint density at radius 3 is 2.41 bits per heavy atom. The summed E-state index contributed by atoms with van der Waals surface area (Å²) in [7, 11) is 0. The molecular formula is C22H23N5O2. The van der Waals surface area contributed by atoms with Gasteiger partial charge in [0.15, 0.2) is 5.82 Å². The van der Waals surface area contributed by atoms with E-state index in [9.17, 15) is 4.79 Å². The highest BCUT2D eigenvalue weighted by atomic mass is 16.6. The van der Waals surface area contributed by atoms with Gasteiger partial charge in [-0.15, -0.1) is 0 Å². The van der Waals surface area contributed by atoms with Crippen LogP contribution in [0.4, 0.5) is 10.6 Å². The summed E-state index contributed by atoms with van der Waals surface area (Å²) in [5.74, 6) is 1.43. The van der Waals surface area contributed by atoms with Crippen molar-refractivity contribution in [2.75, 3.05) is 37.7 Å². The third kappa shape index (κ3) is 4.34. The highest BCUT2D eigenvalue weighted by Gasteiger charge is 2.23. The molecule has 1 aromatic carbocycles. The van der Waals surface area contributed by atoms with E-state index in [1.165, 1.54) is 0 Å². The summed E-state index contributed by atoms with van der Waals surface area (Å²) in [4.78, 5) is 29.8. The maximum Gasteiger partial charge on any atom is 0.409 e. The number of nitrogens with zero attached hydrogens (tertiary/aromatic N) is 5. The minimum Gasteiger partial charge on any atom is -0.450 e. The molecule has 4 rings (SSSR count).